The van der Waals surface area contributed by atoms with Gasteiger partial charge >= 0.3 is 0 Å². The normalized spacial score (nSPS) is 10.9. The predicted molar refractivity (Wildman–Crippen MR) is 97.8 cm³/mol. The Balaban J connectivity index is 1.53. The van der Waals surface area contributed by atoms with Gasteiger partial charge in [-0.2, -0.15) is 5.10 Å². The molecule has 0 bridgehead atoms. The summed E-state index contributed by atoms with van der Waals surface area (Å²) in [5.41, 5.74) is 4.54. The van der Waals surface area contributed by atoms with Gasteiger partial charge in [0.25, 0.3) is 11.8 Å². The summed E-state index contributed by atoms with van der Waals surface area (Å²) in [6.07, 6.45) is 3.35. The maximum atomic E-state index is 12.0. The lowest BCUT2D eigenvalue weighted by molar-refractivity contribution is -0.120. The molecular formula is C18H15ClN4O2. The standard InChI is InChI=1S/C18H15ClN4O2/c19-15-7-3-1-6-14(15)18(25)21-11-17(24)23-22-10-12-9-20-16-8-4-2-5-13(12)16/h1-10,20H,11H2,(H,21,25)(H,23,24)/b22-10+. The monoisotopic (exact) mass is 354 g/mol. The minimum atomic E-state index is -0.434. The van der Waals surface area contributed by atoms with Crippen molar-refractivity contribution in [2.45, 2.75) is 0 Å². The number of aromatic amines is 1. The maximum Gasteiger partial charge on any atom is 0.259 e. The van der Waals surface area contributed by atoms with Crippen molar-refractivity contribution in [1.82, 2.24) is 15.7 Å². The first kappa shape index (κ1) is 16.7. The van der Waals surface area contributed by atoms with Crippen molar-refractivity contribution in [3.8, 4) is 0 Å². The molecule has 0 radical (unpaired) electrons. The van der Waals surface area contributed by atoms with Crippen molar-refractivity contribution >= 4 is 40.5 Å². The molecule has 0 unspecified atom stereocenters. The Bertz CT molecular complexity index is 949. The number of halogens is 1. The van der Waals surface area contributed by atoms with Crippen LogP contribution in [0.15, 0.2) is 59.8 Å². The Morgan fingerprint density at radius 1 is 1.12 bits per heavy atom. The second-order valence-corrected chi connectivity index (χ2v) is 5.65. The molecule has 2 amide bonds. The van der Waals surface area contributed by atoms with Gasteiger partial charge in [0, 0.05) is 22.7 Å². The summed E-state index contributed by atoms with van der Waals surface area (Å²) in [5.74, 6) is -0.849. The number of hydrogen-bond donors (Lipinski definition) is 3. The number of hydrazone groups is 1. The summed E-state index contributed by atoms with van der Waals surface area (Å²) < 4.78 is 0. The van der Waals surface area contributed by atoms with Crippen molar-refractivity contribution in [3.05, 3.63) is 70.9 Å². The van der Waals surface area contributed by atoms with E-state index in [0.29, 0.717) is 10.6 Å². The molecule has 0 aliphatic carbocycles. The average molecular weight is 355 g/mol. The van der Waals surface area contributed by atoms with Gasteiger partial charge in [-0.25, -0.2) is 5.43 Å². The van der Waals surface area contributed by atoms with Gasteiger partial charge in [-0.1, -0.05) is 41.9 Å². The summed E-state index contributed by atoms with van der Waals surface area (Å²) >= 11 is 5.93. The third-order valence-corrected chi connectivity index (χ3v) is 3.87. The van der Waals surface area contributed by atoms with Gasteiger partial charge in [-0.15, -0.1) is 0 Å². The zero-order chi connectivity index (χ0) is 17.6. The van der Waals surface area contributed by atoms with Gasteiger partial charge in [0.1, 0.15) is 0 Å². The van der Waals surface area contributed by atoms with Crippen molar-refractivity contribution < 1.29 is 9.59 Å². The number of rotatable bonds is 5. The van der Waals surface area contributed by atoms with Crippen LogP contribution in [0.5, 0.6) is 0 Å². The largest absolute Gasteiger partial charge is 0.361 e. The SMILES string of the molecule is O=C(CNC(=O)c1ccccc1Cl)N/N=C/c1c[nH]c2ccccc12. The summed E-state index contributed by atoms with van der Waals surface area (Å²) in [7, 11) is 0. The Morgan fingerprint density at radius 2 is 1.88 bits per heavy atom. The topological polar surface area (TPSA) is 86.3 Å². The number of aromatic nitrogens is 1. The third kappa shape index (κ3) is 4.05. The molecule has 3 rings (SSSR count). The summed E-state index contributed by atoms with van der Waals surface area (Å²) in [6, 6.07) is 14.4. The van der Waals surface area contributed by atoms with Gasteiger partial charge in [0.2, 0.25) is 0 Å². The van der Waals surface area contributed by atoms with Crippen LogP contribution >= 0.6 is 11.6 Å². The van der Waals surface area contributed by atoms with E-state index < -0.39 is 11.8 Å². The van der Waals surface area contributed by atoms with Crippen LogP contribution in [-0.4, -0.2) is 29.6 Å². The number of nitrogens with zero attached hydrogens (tertiary/aromatic N) is 1. The fraction of sp³-hybridized carbons (Fsp3) is 0.0556. The smallest absolute Gasteiger partial charge is 0.259 e. The highest BCUT2D eigenvalue weighted by Gasteiger charge is 2.10. The number of para-hydroxylation sites is 1. The molecular weight excluding hydrogens is 340 g/mol. The van der Waals surface area contributed by atoms with E-state index in [4.69, 9.17) is 11.6 Å². The number of H-pyrrole nitrogens is 1. The van der Waals surface area contributed by atoms with E-state index in [9.17, 15) is 9.59 Å². The molecule has 1 heterocycles. The van der Waals surface area contributed by atoms with Crippen LogP contribution in [0.3, 0.4) is 0 Å². The molecule has 0 aliphatic rings. The van der Waals surface area contributed by atoms with Crippen LogP contribution in [-0.2, 0) is 4.79 Å². The van der Waals surface area contributed by atoms with E-state index in [-0.39, 0.29) is 6.54 Å². The third-order valence-electron chi connectivity index (χ3n) is 3.54. The minimum Gasteiger partial charge on any atom is -0.361 e. The number of fused-ring (bicyclic) bond motifs is 1. The van der Waals surface area contributed by atoms with E-state index in [1.807, 2.05) is 24.3 Å². The van der Waals surface area contributed by atoms with Crippen LogP contribution in [0.25, 0.3) is 10.9 Å². The lowest BCUT2D eigenvalue weighted by Gasteiger charge is -2.05. The number of hydrogen-bond acceptors (Lipinski definition) is 3. The Morgan fingerprint density at radius 3 is 2.72 bits per heavy atom. The second kappa shape index (κ2) is 7.63. The summed E-state index contributed by atoms with van der Waals surface area (Å²) in [5, 5.41) is 7.75. The van der Waals surface area contributed by atoms with Crippen molar-refractivity contribution in [3.63, 3.8) is 0 Å². The Kier molecular flexibility index (Phi) is 5.11. The van der Waals surface area contributed by atoms with E-state index in [2.05, 4.69) is 20.8 Å². The highest BCUT2D eigenvalue weighted by atomic mass is 35.5. The van der Waals surface area contributed by atoms with Gasteiger partial charge in [-0.05, 0) is 18.2 Å². The number of benzene rings is 2. The lowest BCUT2D eigenvalue weighted by atomic mass is 10.2. The first-order valence-corrected chi connectivity index (χ1v) is 7.93. The van der Waals surface area contributed by atoms with Gasteiger partial charge in [-0.3, -0.25) is 9.59 Å². The number of nitrogens with one attached hydrogen (secondary N) is 3. The van der Waals surface area contributed by atoms with Crippen LogP contribution in [0, 0.1) is 0 Å². The molecule has 0 atom stereocenters. The van der Waals surface area contributed by atoms with Crippen LogP contribution in [0.2, 0.25) is 5.02 Å². The second-order valence-electron chi connectivity index (χ2n) is 5.25. The van der Waals surface area contributed by atoms with Crippen LogP contribution < -0.4 is 10.7 Å². The number of amides is 2. The first-order chi connectivity index (χ1) is 12.1. The van der Waals surface area contributed by atoms with E-state index in [1.165, 1.54) is 0 Å². The lowest BCUT2D eigenvalue weighted by Crippen LogP contribution is -2.35. The molecule has 6 nitrogen and oxygen atoms in total. The molecule has 126 valence electrons. The molecule has 3 aromatic rings. The van der Waals surface area contributed by atoms with E-state index in [0.717, 1.165) is 16.5 Å². The number of carbonyl (C=O) groups is 2. The molecule has 0 saturated heterocycles. The van der Waals surface area contributed by atoms with E-state index >= 15 is 0 Å². The van der Waals surface area contributed by atoms with Gasteiger partial charge < -0.3 is 10.3 Å². The van der Waals surface area contributed by atoms with Crippen LogP contribution in [0.1, 0.15) is 15.9 Å². The van der Waals surface area contributed by atoms with Crippen molar-refractivity contribution in [1.29, 1.82) is 0 Å². The molecule has 3 N–H and O–H groups in total. The van der Waals surface area contributed by atoms with Gasteiger partial charge in [0.05, 0.1) is 23.3 Å². The van der Waals surface area contributed by atoms with Crippen molar-refractivity contribution in [2.24, 2.45) is 5.10 Å². The van der Waals surface area contributed by atoms with E-state index in [1.54, 1.807) is 36.7 Å². The van der Waals surface area contributed by atoms with Gasteiger partial charge in [0.15, 0.2) is 0 Å². The molecule has 0 spiro atoms. The fourth-order valence-corrected chi connectivity index (χ4v) is 2.54. The first-order valence-electron chi connectivity index (χ1n) is 7.56. The highest BCUT2D eigenvalue weighted by Crippen LogP contribution is 2.15. The fourth-order valence-electron chi connectivity index (χ4n) is 2.32. The summed E-state index contributed by atoms with van der Waals surface area (Å²) in [6.45, 7) is -0.199. The quantitative estimate of drug-likeness (QED) is 0.486. The molecule has 7 heteroatoms. The molecule has 25 heavy (non-hydrogen) atoms. The average Bonchev–Trinajstić information content (AvgIpc) is 3.03. The Labute approximate surface area is 148 Å². The Hall–Kier alpha value is -3.12. The zero-order valence-electron chi connectivity index (χ0n) is 13.1. The maximum absolute atomic E-state index is 12.0. The van der Waals surface area contributed by atoms with Crippen molar-refractivity contribution in [2.75, 3.05) is 6.54 Å². The molecule has 1 aromatic heterocycles. The molecule has 0 saturated carbocycles. The summed E-state index contributed by atoms with van der Waals surface area (Å²) in [4.78, 5) is 26.9. The zero-order valence-corrected chi connectivity index (χ0v) is 13.9. The highest BCUT2D eigenvalue weighted by molar-refractivity contribution is 6.33. The van der Waals surface area contributed by atoms with Crippen LogP contribution in [0.4, 0.5) is 0 Å². The predicted octanol–water partition coefficient (Wildman–Crippen LogP) is 2.70. The minimum absolute atomic E-state index is 0.199. The molecule has 0 fully saturated rings. The molecule has 0 aliphatic heterocycles. The number of carbonyl (C=O) groups excluding carboxylic acids is 2. The molecule has 2 aromatic carbocycles.